The van der Waals surface area contributed by atoms with Crippen molar-refractivity contribution in [2.75, 3.05) is 0 Å². The number of thiophene rings is 1. The monoisotopic (exact) mass is 670 g/mol. The van der Waals surface area contributed by atoms with Crippen LogP contribution in [0.4, 0.5) is 0 Å². The maximum absolute atomic E-state index is 2.52. The van der Waals surface area contributed by atoms with E-state index >= 15 is 0 Å². The maximum atomic E-state index is 2.52. The van der Waals surface area contributed by atoms with Gasteiger partial charge in [-0.25, -0.2) is 0 Å². The SMILES string of the molecule is C1=Cc2c(n(-c3ccc(C4=c5sc6ccccc6c5=CCC4)cc3)c3ccc(-c4ccc5c(c4)c4ccccc4n5-c4ccccc4)cc23)CC1. The summed E-state index contributed by atoms with van der Waals surface area (Å²) in [6, 6.07) is 51.8. The first kappa shape index (κ1) is 28.9. The summed E-state index contributed by atoms with van der Waals surface area (Å²) in [5, 5.41) is 6.70. The van der Waals surface area contributed by atoms with Crippen molar-refractivity contribution >= 4 is 71.9 Å². The number of aromatic nitrogens is 2. The number of hydrogen-bond donors (Lipinski definition) is 0. The molecule has 2 aliphatic rings. The number of para-hydroxylation sites is 2. The minimum atomic E-state index is 1.04. The second-order valence-electron chi connectivity index (χ2n) is 13.9. The van der Waals surface area contributed by atoms with Crippen LogP contribution in [-0.2, 0) is 6.42 Å². The molecule has 0 unspecified atom stereocenters. The van der Waals surface area contributed by atoms with E-state index in [1.165, 1.54) is 97.4 Å². The molecular formula is C48H34N2S. The topological polar surface area (TPSA) is 9.86 Å². The third-order valence-corrected chi connectivity index (χ3v) is 12.3. The second-order valence-corrected chi connectivity index (χ2v) is 15.0. The van der Waals surface area contributed by atoms with Gasteiger partial charge in [-0.3, -0.25) is 0 Å². The third kappa shape index (κ3) is 4.41. The lowest BCUT2D eigenvalue weighted by molar-refractivity contribution is 0.888. The lowest BCUT2D eigenvalue weighted by atomic mass is 9.96. The summed E-state index contributed by atoms with van der Waals surface area (Å²) in [5.74, 6) is 0. The minimum absolute atomic E-state index is 1.04. The van der Waals surface area contributed by atoms with E-state index in [0.29, 0.717) is 0 Å². The first-order valence-corrected chi connectivity index (χ1v) is 18.9. The fourth-order valence-electron chi connectivity index (χ4n) is 8.76. The Labute approximate surface area is 300 Å². The molecule has 0 N–H and O–H groups in total. The van der Waals surface area contributed by atoms with Crippen LogP contribution in [0, 0.1) is 0 Å². The Hall–Kier alpha value is -5.90. The van der Waals surface area contributed by atoms with Gasteiger partial charge in [0.25, 0.3) is 0 Å². The largest absolute Gasteiger partial charge is 0.313 e. The van der Waals surface area contributed by atoms with Gasteiger partial charge in [0, 0.05) is 48.0 Å². The highest BCUT2D eigenvalue weighted by Crippen LogP contribution is 2.39. The van der Waals surface area contributed by atoms with Gasteiger partial charge in [-0.1, -0.05) is 97.1 Å². The second kappa shape index (κ2) is 11.3. The van der Waals surface area contributed by atoms with E-state index < -0.39 is 0 Å². The molecule has 2 nitrogen and oxygen atoms in total. The van der Waals surface area contributed by atoms with Gasteiger partial charge in [0.15, 0.2) is 0 Å². The van der Waals surface area contributed by atoms with E-state index in [9.17, 15) is 0 Å². The molecule has 0 fully saturated rings. The molecule has 0 bridgehead atoms. The molecule has 3 aromatic heterocycles. The molecular weight excluding hydrogens is 637 g/mol. The van der Waals surface area contributed by atoms with Gasteiger partial charge < -0.3 is 9.13 Å². The number of rotatable bonds is 4. The molecule has 6 aromatic carbocycles. The number of fused-ring (bicyclic) bond motifs is 9. The predicted molar refractivity (Wildman–Crippen MR) is 218 cm³/mol. The van der Waals surface area contributed by atoms with Crippen LogP contribution in [0.3, 0.4) is 0 Å². The zero-order valence-corrected chi connectivity index (χ0v) is 29.0. The molecule has 3 heteroatoms. The fraction of sp³-hybridized carbons (Fsp3) is 0.0833. The van der Waals surface area contributed by atoms with Crippen LogP contribution < -0.4 is 9.75 Å². The highest BCUT2D eigenvalue weighted by atomic mass is 32.1. The molecule has 11 rings (SSSR count). The quantitative estimate of drug-likeness (QED) is 0.176. The number of nitrogens with zero attached hydrogens (tertiary/aromatic N) is 2. The van der Waals surface area contributed by atoms with Gasteiger partial charge >= 0.3 is 0 Å². The number of allylic oxidation sites excluding steroid dienone is 1. The Bertz CT molecular complexity index is 3000. The van der Waals surface area contributed by atoms with Crippen LogP contribution in [0.25, 0.3) is 83.0 Å². The summed E-state index contributed by atoms with van der Waals surface area (Å²) in [5.41, 5.74) is 14.3. The van der Waals surface area contributed by atoms with Crippen molar-refractivity contribution in [2.24, 2.45) is 0 Å². The van der Waals surface area contributed by atoms with Crippen molar-refractivity contribution in [3.63, 3.8) is 0 Å². The van der Waals surface area contributed by atoms with Crippen LogP contribution in [0.2, 0.25) is 0 Å². The van der Waals surface area contributed by atoms with Gasteiger partial charge in [0.05, 0.1) is 16.6 Å². The molecule has 0 atom stereocenters. The minimum Gasteiger partial charge on any atom is -0.313 e. The van der Waals surface area contributed by atoms with E-state index in [2.05, 4.69) is 167 Å². The molecule has 2 aliphatic carbocycles. The molecule has 0 radical (unpaired) electrons. The summed E-state index contributed by atoms with van der Waals surface area (Å²) in [6.07, 6.45) is 11.4. The van der Waals surface area contributed by atoms with Crippen LogP contribution >= 0.6 is 11.3 Å². The van der Waals surface area contributed by atoms with Crippen LogP contribution in [-0.4, -0.2) is 9.13 Å². The standard InChI is InChI=1S/C48H34N2S/c1-2-11-34(12-3-1)49-43-18-7-4-13-37(43)41-29-32(23-27-45(41)49)33-24-28-46-42(30-33)38-14-5-8-19-44(38)50(46)35-25-21-31(22-26-35)36-16-10-17-40-39-15-6-9-20-47(39)51-48(36)40/h1-7,9,11-15,17-18,20-30H,8,10,16,19H2. The van der Waals surface area contributed by atoms with Gasteiger partial charge in [-0.05, 0) is 119 Å². The van der Waals surface area contributed by atoms with E-state index in [4.69, 9.17) is 0 Å². The molecule has 0 saturated carbocycles. The van der Waals surface area contributed by atoms with Crippen molar-refractivity contribution in [2.45, 2.75) is 25.7 Å². The van der Waals surface area contributed by atoms with Gasteiger partial charge in [0.2, 0.25) is 0 Å². The highest BCUT2D eigenvalue weighted by molar-refractivity contribution is 7.17. The van der Waals surface area contributed by atoms with E-state index in [0.717, 1.165) is 25.7 Å². The van der Waals surface area contributed by atoms with Crippen molar-refractivity contribution in [1.82, 2.24) is 9.13 Å². The van der Waals surface area contributed by atoms with Gasteiger partial charge in [0.1, 0.15) is 0 Å². The van der Waals surface area contributed by atoms with Gasteiger partial charge in [-0.2, -0.15) is 0 Å². The average molecular weight is 671 g/mol. The zero-order chi connectivity index (χ0) is 33.5. The van der Waals surface area contributed by atoms with Crippen LogP contribution in [0.5, 0.6) is 0 Å². The first-order valence-electron chi connectivity index (χ1n) is 18.0. The lowest BCUT2D eigenvalue weighted by Crippen LogP contribution is -2.25. The maximum Gasteiger partial charge on any atom is 0.0541 e. The Morgan fingerprint density at radius 3 is 2.00 bits per heavy atom. The van der Waals surface area contributed by atoms with E-state index in [1.54, 1.807) is 0 Å². The van der Waals surface area contributed by atoms with Crippen molar-refractivity contribution < 1.29 is 0 Å². The summed E-state index contributed by atoms with van der Waals surface area (Å²) in [6.45, 7) is 0. The van der Waals surface area contributed by atoms with Crippen LogP contribution in [0.15, 0.2) is 146 Å². The zero-order valence-electron chi connectivity index (χ0n) is 28.1. The fourth-order valence-corrected chi connectivity index (χ4v) is 10.1. The summed E-state index contributed by atoms with van der Waals surface area (Å²) >= 11 is 1.94. The first-order chi connectivity index (χ1) is 25.3. The molecule has 242 valence electrons. The Kier molecular flexibility index (Phi) is 6.41. The van der Waals surface area contributed by atoms with Crippen molar-refractivity contribution in [3.05, 3.63) is 172 Å². The van der Waals surface area contributed by atoms with Crippen LogP contribution in [0.1, 0.15) is 36.1 Å². The van der Waals surface area contributed by atoms with E-state index in [-0.39, 0.29) is 0 Å². The normalized spacial score (nSPS) is 14.0. The molecule has 9 aromatic rings. The molecule has 3 heterocycles. The molecule has 51 heavy (non-hydrogen) atoms. The third-order valence-electron chi connectivity index (χ3n) is 11.1. The number of hydrogen-bond acceptors (Lipinski definition) is 1. The predicted octanol–water partition coefficient (Wildman–Crippen LogP) is 11.3. The lowest BCUT2D eigenvalue weighted by Gasteiger charge is -2.15. The highest BCUT2D eigenvalue weighted by Gasteiger charge is 2.20. The molecule has 0 aliphatic heterocycles. The van der Waals surface area contributed by atoms with E-state index in [1.807, 2.05) is 11.3 Å². The Morgan fingerprint density at radius 1 is 0.490 bits per heavy atom. The molecule has 0 spiro atoms. The smallest absolute Gasteiger partial charge is 0.0541 e. The molecule has 0 amide bonds. The Morgan fingerprint density at radius 2 is 1.16 bits per heavy atom. The Balaban J connectivity index is 1.03. The summed E-state index contributed by atoms with van der Waals surface area (Å²) in [7, 11) is 0. The summed E-state index contributed by atoms with van der Waals surface area (Å²) in [4.78, 5) is 0. The number of benzene rings is 6. The van der Waals surface area contributed by atoms with Crippen molar-refractivity contribution in [1.29, 1.82) is 0 Å². The van der Waals surface area contributed by atoms with Gasteiger partial charge in [-0.15, -0.1) is 11.3 Å². The van der Waals surface area contributed by atoms with Crippen molar-refractivity contribution in [3.8, 4) is 22.5 Å². The molecule has 0 saturated heterocycles. The summed E-state index contributed by atoms with van der Waals surface area (Å²) < 4.78 is 7.73. The average Bonchev–Trinajstić information content (AvgIpc) is 3.86.